The van der Waals surface area contributed by atoms with Crippen molar-refractivity contribution in [3.8, 4) is 0 Å². The maximum absolute atomic E-state index is 12.3. The lowest BCUT2D eigenvalue weighted by atomic mass is 9.96. The fraction of sp³-hybridized carbons (Fsp3) is 0.588. The summed E-state index contributed by atoms with van der Waals surface area (Å²) >= 11 is 5.86. The van der Waals surface area contributed by atoms with E-state index in [1.54, 1.807) is 0 Å². The monoisotopic (exact) mass is 308 g/mol. The molecule has 0 spiro atoms. The Hall–Kier alpha value is -1.06. The third-order valence-electron chi connectivity index (χ3n) is 4.18. The summed E-state index contributed by atoms with van der Waals surface area (Å²) in [7, 11) is 0. The lowest BCUT2D eigenvalue weighted by Crippen LogP contribution is -2.45. The molecule has 116 valence electrons. The Labute approximate surface area is 132 Å². The number of carbonyl (C=O) groups excluding carboxylic acids is 1. The van der Waals surface area contributed by atoms with Crippen LogP contribution in [0.25, 0.3) is 0 Å². The van der Waals surface area contributed by atoms with E-state index in [2.05, 4.69) is 24.1 Å². The highest BCUT2D eigenvalue weighted by Gasteiger charge is 2.26. The highest BCUT2D eigenvalue weighted by molar-refractivity contribution is 6.30. The molecule has 21 heavy (non-hydrogen) atoms. The molecule has 1 N–H and O–H groups in total. The second kappa shape index (κ2) is 7.81. The first-order chi connectivity index (χ1) is 10.1. The van der Waals surface area contributed by atoms with Crippen molar-refractivity contribution in [3.05, 3.63) is 34.9 Å². The van der Waals surface area contributed by atoms with Crippen LogP contribution < -0.4 is 5.32 Å². The molecule has 0 aliphatic carbocycles. The Morgan fingerprint density at radius 1 is 1.38 bits per heavy atom. The number of likely N-dealkylation sites (tertiary alicyclic amines) is 1. The standard InChI is InChI=1S/C17H25ClN2O/c1-13(2)20-11-3-4-15(12-20)17(21)19-10-9-14-5-7-16(18)8-6-14/h5-8,13,15H,3-4,9-12H2,1-2H3,(H,19,21). The molecule has 1 aromatic rings. The van der Waals surface area contributed by atoms with Crippen LogP contribution >= 0.6 is 11.6 Å². The lowest BCUT2D eigenvalue weighted by Gasteiger charge is -2.34. The highest BCUT2D eigenvalue weighted by atomic mass is 35.5. The second-order valence-corrected chi connectivity index (χ2v) is 6.53. The minimum Gasteiger partial charge on any atom is -0.355 e. The molecule has 3 nitrogen and oxygen atoms in total. The second-order valence-electron chi connectivity index (χ2n) is 6.10. The van der Waals surface area contributed by atoms with Crippen molar-refractivity contribution in [1.82, 2.24) is 10.2 Å². The maximum Gasteiger partial charge on any atom is 0.224 e. The zero-order chi connectivity index (χ0) is 15.2. The number of hydrogen-bond acceptors (Lipinski definition) is 2. The van der Waals surface area contributed by atoms with Gasteiger partial charge in [-0.15, -0.1) is 0 Å². The summed E-state index contributed by atoms with van der Waals surface area (Å²) in [4.78, 5) is 14.6. The van der Waals surface area contributed by atoms with Crippen LogP contribution in [-0.4, -0.2) is 36.5 Å². The highest BCUT2D eigenvalue weighted by Crippen LogP contribution is 2.18. The Morgan fingerprint density at radius 2 is 2.10 bits per heavy atom. The van der Waals surface area contributed by atoms with Gasteiger partial charge in [0.1, 0.15) is 0 Å². The van der Waals surface area contributed by atoms with Crippen molar-refractivity contribution < 1.29 is 4.79 Å². The van der Waals surface area contributed by atoms with Crippen LogP contribution in [-0.2, 0) is 11.2 Å². The molecule has 1 atom stereocenters. The summed E-state index contributed by atoms with van der Waals surface area (Å²) in [6.07, 6.45) is 2.98. The topological polar surface area (TPSA) is 32.3 Å². The van der Waals surface area contributed by atoms with Crippen molar-refractivity contribution in [1.29, 1.82) is 0 Å². The van der Waals surface area contributed by atoms with Crippen molar-refractivity contribution in [2.45, 2.75) is 39.2 Å². The van der Waals surface area contributed by atoms with Crippen LogP contribution in [0.5, 0.6) is 0 Å². The average molecular weight is 309 g/mol. The van der Waals surface area contributed by atoms with Gasteiger partial charge >= 0.3 is 0 Å². The SMILES string of the molecule is CC(C)N1CCCC(C(=O)NCCc2ccc(Cl)cc2)C1. The van der Waals surface area contributed by atoms with E-state index in [1.165, 1.54) is 5.56 Å². The van der Waals surface area contributed by atoms with Gasteiger partial charge in [0.15, 0.2) is 0 Å². The first-order valence-corrected chi connectivity index (χ1v) is 8.20. The molecule has 1 aliphatic heterocycles. The van der Waals surface area contributed by atoms with Gasteiger partial charge in [0, 0.05) is 24.2 Å². The Bertz CT molecular complexity index is 458. The quantitative estimate of drug-likeness (QED) is 0.906. The van der Waals surface area contributed by atoms with Crippen LogP contribution in [0.2, 0.25) is 5.02 Å². The minimum atomic E-state index is 0.145. The molecular weight excluding hydrogens is 284 g/mol. The van der Waals surface area contributed by atoms with Crippen LogP contribution in [0.3, 0.4) is 0 Å². The van der Waals surface area contributed by atoms with Crippen molar-refractivity contribution in [3.63, 3.8) is 0 Å². The van der Waals surface area contributed by atoms with Crippen molar-refractivity contribution in [2.24, 2.45) is 5.92 Å². The summed E-state index contributed by atoms with van der Waals surface area (Å²) in [5.41, 5.74) is 1.20. The smallest absolute Gasteiger partial charge is 0.224 e. The molecule has 0 radical (unpaired) electrons. The molecule has 4 heteroatoms. The Morgan fingerprint density at radius 3 is 2.76 bits per heavy atom. The van der Waals surface area contributed by atoms with Crippen LogP contribution in [0.4, 0.5) is 0 Å². The van der Waals surface area contributed by atoms with Crippen molar-refractivity contribution >= 4 is 17.5 Å². The van der Waals surface area contributed by atoms with Gasteiger partial charge in [0.05, 0.1) is 5.92 Å². The first kappa shape index (κ1) is 16.3. The lowest BCUT2D eigenvalue weighted by molar-refractivity contribution is -0.126. The van der Waals surface area contributed by atoms with Gasteiger partial charge in [-0.25, -0.2) is 0 Å². The number of rotatable bonds is 5. The minimum absolute atomic E-state index is 0.145. The molecule has 1 unspecified atom stereocenters. The fourth-order valence-corrected chi connectivity index (χ4v) is 2.94. The van der Waals surface area contributed by atoms with E-state index in [9.17, 15) is 4.79 Å². The predicted molar refractivity (Wildman–Crippen MR) is 87.6 cm³/mol. The number of benzene rings is 1. The molecule has 0 bridgehead atoms. The molecule has 1 amide bonds. The summed E-state index contributed by atoms with van der Waals surface area (Å²) in [6.45, 7) is 7.09. The third kappa shape index (κ3) is 5.01. The number of amides is 1. The van der Waals surface area contributed by atoms with Crippen LogP contribution in [0.1, 0.15) is 32.3 Å². The molecule has 1 aromatic carbocycles. The van der Waals surface area contributed by atoms with E-state index in [0.29, 0.717) is 12.6 Å². The number of carbonyl (C=O) groups is 1. The molecule has 1 saturated heterocycles. The van der Waals surface area contributed by atoms with E-state index in [1.807, 2.05) is 24.3 Å². The normalized spacial score (nSPS) is 19.7. The van der Waals surface area contributed by atoms with E-state index in [0.717, 1.165) is 37.4 Å². The molecule has 2 rings (SSSR count). The van der Waals surface area contributed by atoms with E-state index in [-0.39, 0.29) is 11.8 Å². The van der Waals surface area contributed by atoms with Crippen LogP contribution in [0, 0.1) is 5.92 Å². The summed E-state index contributed by atoms with van der Waals surface area (Å²) < 4.78 is 0. The van der Waals surface area contributed by atoms with Gasteiger partial charge in [-0.05, 0) is 57.4 Å². The molecule has 0 aromatic heterocycles. The molecule has 1 fully saturated rings. The molecule has 0 saturated carbocycles. The van der Waals surface area contributed by atoms with Gasteiger partial charge in [0.25, 0.3) is 0 Å². The first-order valence-electron chi connectivity index (χ1n) is 7.82. The van der Waals surface area contributed by atoms with E-state index in [4.69, 9.17) is 11.6 Å². The zero-order valence-corrected chi connectivity index (χ0v) is 13.7. The van der Waals surface area contributed by atoms with Crippen LogP contribution in [0.15, 0.2) is 24.3 Å². The average Bonchev–Trinajstić information content (AvgIpc) is 2.49. The third-order valence-corrected chi connectivity index (χ3v) is 4.43. The van der Waals surface area contributed by atoms with Gasteiger partial charge < -0.3 is 10.2 Å². The Kier molecular flexibility index (Phi) is 6.07. The number of piperidine rings is 1. The van der Waals surface area contributed by atoms with Crippen molar-refractivity contribution in [2.75, 3.05) is 19.6 Å². The zero-order valence-electron chi connectivity index (χ0n) is 12.9. The number of nitrogens with one attached hydrogen (secondary N) is 1. The molecule has 1 aliphatic rings. The number of halogens is 1. The van der Waals surface area contributed by atoms with Gasteiger partial charge in [-0.3, -0.25) is 4.79 Å². The molecular formula is C17H25ClN2O. The molecule has 1 heterocycles. The predicted octanol–water partition coefficient (Wildman–Crippen LogP) is 3.12. The van der Waals surface area contributed by atoms with E-state index < -0.39 is 0 Å². The van der Waals surface area contributed by atoms with Gasteiger partial charge in [0.2, 0.25) is 5.91 Å². The summed E-state index contributed by atoms with van der Waals surface area (Å²) in [5.74, 6) is 0.348. The number of hydrogen-bond donors (Lipinski definition) is 1. The summed E-state index contributed by atoms with van der Waals surface area (Å²) in [6, 6.07) is 8.32. The largest absolute Gasteiger partial charge is 0.355 e. The van der Waals surface area contributed by atoms with Gasteiger partial charge in [-0.2, -0.15) is 0 Å². The maximum atomic E-state index is 12.3. The van der Waals surface area contributed by atoms with E-state index >= 15 is 0 Å². The fourth-order valence-electron chi connectivity index (χ4n) is 2.81. The Balaban J connectivity index is 1.75. The van der Waals surface area contributed by atoms with Gasteiger partial charge in [-0.1, -0.05) is 23.7 Å². The number of nitrogens with zero attached hydrogens (tertiary/aromatic N) is 1. The summed E-state index contributed by atoms with van der Waals surface area (Å²) in [5, 5.41) is 3.83.